The van der Waals surface area contributed by atoms with Crippen LogP contribution in [0.1, 0.15) is 25.0 Å². The van der Waals surface area contributed by atoms with Crippen molar-refractivity contribution in [1.82, 2.24) is 10.2 Å². The second kappa shape index (κ2) is 15.6. The zero-order chi connectivity index (χ0) is 33.3. The fraction of sp³-hybridized carbons (Fsp3) is 0.257. The molecular weight excluding hydrogens is 626 g/mol. The summed E-state index contributed by atoms with van der Waals surface area (Å²) in [6, 6.07) is 27.8. The van der Waals surface area contributed by atoms with Crippen molar-refractivity contribution in [2.45, 2.75) is 43.8 Å². The van der Waals surface area contributed by atoms with Gasteiger partial charge in [-0.3, -0.25) is 13.9 Å². The molecule has 0 fully saturated rings. The summed E-state index contributed by atoms with van der Waals surface area (Å²) in [5.41, 5.74) is 1.80. The standard InChI is InChI=1S/C35H38ClN3O6S/c1-25(2)37-35(41)31(21-26-12-7-5-8-13-26)38(23-27-14-11-15-28(36)20-27)34(40)24-39(29-16-9-6-10-17-29)46(42,43)30-18-19-32(44-3)33(22-30)45-4/h5-20,22,25,31H,21,23-24H2,1-4H3,(H,37,41)/t31-/m1/s1. The Morgan fingerprint density at radius 3 is 2.04 bits per heavy atom. The molecule has 242 valence electrons. The third-order valence-electron chi connectivity index (χ3n) is 7.21. The number of nitrogens with one attached hydrogen (secondary N) is 1. The minimum Gasteiger partial charge on any atom is -0.493 e. The van der Waals surface area contributed by atoms with Crippen LogP contribution in [-0.2, 0) is 32.6 Å². The monoisotopic (exact) mass is 663 g/mol. The van der Waals surface area contributed by atoms with Gasteiger partial charge < -0.3 is 19.7 Å². The largest absolute Gasteiger partial charge is 0.493 e. The number of para-hydroxylation sites is 1. The number of carbonyl (C=O) groups is 2. The lowest BCUT2D eigenvalue weighted by molar-refractivity contribution is -0.140. The molecule has 4 aromatic rings. The smallest absolute Gasteiger partial charge is 0.264 e. The minimum absolute atomic E-state index is 0.0153. The highest BCUT2D eigenvalue weighted by Gasteiger charge is 2.35. The van der Waals surface area contributed by atoms with E-state index < -0.39 is 28.5 Å². The fourth-order valence-corrected chi connectivity index (χ4v) is 6.64. The van der Waals surface area contributed by atoms with Crippen LogP contribution in [0.25, 0.3) is 0 Å². The van der Waals surface area contributed by atoms with Crippen LogP contribution in [0.3, 0.4) is 0 Å². The molecule has 0 spiro atoms. The average Bonchev–Trinajstić information content (AvgIpc) is 3.05. The van der Waals surface area contributed by atoms with Crippen LogP contribution in [0, 0.1) is 0 Å². The highest BCUT2D eigenvalue weighted by molar-refractivity contribution is 7.92. The lowest BCUT2D eigenvalue weighted by Gasteiger charge is -2.34. The van der Waals surface area contributed by atoms with E-state index in [0.717, 1.165) is 9.87 Å². The van der Waals surface area contributed by atoms with Crippen LogP contribution in [-0.4, -0.2) is 58.0 Å². The van der Waals surface area contributed by atoms with Crippen molar-refractivity contribution in [3.63, 3.8) is 0 Å². The van der Waals surface area contributed by atoms with E-state index in [1.54, 1.807) is 54.6 Å². The number of hydrogen-bond donors (Lipinski definition) is 1. The lowest BCUT2D eigenvalue weighted by Crippen LogP contribution is -2.54. The van der Waals surface area contributed by atoms with Gasteiger partial charge in [0.2, 0.25) is 11.8 Å². The summed E-state index contributed by atoms with van der Waals surface area (Å²) in [6.45, 7) is 3.11. The van der Waals surface area contributed by atoms with Gasteiger partial charge in [0.15, 0.2) is 11.5 Å². The van der Waals surface area contributed by atoms with E-state index in [1.807, 2.05) is 44.2 Å². The van der Waals surface area contributed by atoms with Crippen molar-refractivity contribution in [2.24, 2.45) is 0 Å². The number of sulfonamides is 1. The molecule has 0 aromatic heterocycles. The summed E-state index contributed by atoms with van der Waals surface area (Å²) in [5, 5.41) is 3.41. The minimum atomic E-state index is -4.32. The highest BCUT2D eigenvalue weighted by Crippen LogP contribution is 2.32. The van der Waals surface area contributed by atoms with Crippen LogP contribution in [0.5, 0.6) is 11.5 Å². The molecule has 4 rings (SSSR count). The Morgan fingerprint density at radius 1 is 0.804 bits per heavy atom. The zero-order valence-corrected chi connectivity index (χ0v) is 27.8. The van der Waals surface area contributed by atoms with Gasteiger partial charge in [-0.1, -0.05) is 72.3 Å². The molecule has 46 heavy (non-hydrogen) atoms. The van der Waals surface area contributed by atoms with Crippen molar-refractivity contribution in [3.8, 4) is 11.5 Å². The van der Waals surface area contributed by atoms with Crippen molar-refractivity contribution >= 4 is 39.1 Å². The third kappa shape index (κ3) is 8.58. The molecule has 0 heterocycles. The summed E-state index contributed by atoms with van der Waals surface area (Å²) in [4.78, 5) is 29.6. The first kappa shape index (κ1) is 34.3. The van der Waals surface area contributed by atoms with Gasteiger partial charge in [0.05, 0.1) is 24.8 Å². The zero-order valence-electron chi connectivity index (χ0n) is 26.2. The maximum absolute atomic E-state index is 14.5. The molecule has 11 heteroatoms. The molecule has 0 unspecified atom stereocenters. The maximum atomic E-state index is 14.5. The molecule has 0 radical (unpaired) electrons. The van der Waals surface area contributed by atoms with Crippen LogP contribution in [0.2, 0.25) is 5.02 Å². The molecule has 0 bridgehead atoms. The van der Waals surface area contributed by atoms with Gasteiger partial charge in [0.25, 0.3) is 10.0 Å². The summed E-state index contributed by atoms with van der Waals surface area (Å²) in [5.74, 6) is -0.355. The van der Waals surface area contributed by atoms with E-state index in [9.17, 15) is 18.0 Å². The fourth-order valence-electron chi connectivity index (χ4n) is 4.99. The van der Waals surface area contributed by atoms with Crippen LogP contribution in [0.4, 0.5) is 5.69 Å². The topological polar surface area (TPSA) is 105 Å². The summed E-state index contributed by atoms with van der Waals surface area (Å²) in [7, 11) is -1.45. The van der Waals surface area contributed by atoms with Gasteiger partial charge in [-0.05, 0) is 61.4 Å². The predicted molar refractivity (Wildman–Crippen MR) is 180 cm³/mol. The molecule has 4 aromatic carbocycles. The molecule has 0 aliphatic carbocycles. The summed E-state index contributed by atoms with van der Waals surface area (Å²) in [6.07, 6.45) is 0.208. The van der Waals surface area contributed by atoms with E-state index in [0.29, 0.717) is 16.3 Å². The first-order valence-electron chi connectivity index (χ1n) is 14.7. The van der Waals surface area contributed by atoms with E-state index >= 15 is 0 Å². The normalized spacial score (nSPS) is 11.9. The van der Waals surface area contributed by atoms with Crippen LogP contribution >= 0.6 is 11.6 Å². The molecule has 2 amide bonds. The van der Waals surface area contributed by atoms with E-state index in [2.05, 4.69) is 5.32 Å². The van der Waals surface area contributed by atoms with Crippen LogP contribution < -0.4 is 19.1 Å². The number of methoxy groups -OCH3 is 2. The van der Waals surface area contributed by atoms with Crippen molar-refractivity contribution in [3.05, 3.63) is 119 Å². The molecule has 1 N–H and O–H groups in total. The first-order valence-corrected chi connectivity index (χ1v) is 16.5. The van der Waals surface area contributed by atoms with E-state index in [-0.39, 0.29) is 41.2 Å². The number of benzene rings is 4. The molecule has 0 aliphatic heterocycles. The number of anilines is 1. The number of hydrogen-bond acceptors (Lipinski definition) is 6. The molecule has 0 aliphatic rings. The van der Waals surface area contributed by atoms with Crippen molar-refractivity contribution in [1.29, 1.82) is 0 Å². The van der Waals surface area contributed by atoms with Gasteiger partial charge in [-0.2, -0.15) is 0 Å². The Labute approximate surface area is 275 Å². The summed E-state index contributed by atoms with van der Waals surface area (Å²) < 4.78 is 40.2. The van der Waals surface area contributed by atoms with E-state index in [4.69, 9.17) is 21.1 Å². The molecule has 9 nitrogen and oxygen atoms in total. The van der Waals surface area contributed by atoms with Crippen LogP contribution in [0.15, 0.2) is 108 Å². The average molecular weight is 664 g/mol. The number of ether oxygens (including phenoxy) is 2. The van der Waals surface area contributed by atoms with Gasteiger partial charge in [-0.15, -0.1) is 0 Å². The Morgan fingerprint density at radius 2 is 1.43 bits per heavy atom. The number of halogens is 1. The Kier molecular flexibility index (Phi) is 11.7. The predicted octanol–water partition coefficient (Wildman–Crippen LogP) is 5.72. The lowest BCUT2D eigenvalue weighted by atomic mass is 10.0. The maximum Gasteiger partial charge on any atom is 0.264 e. The number of amides is 2. The molecular formula is C35H38ClN3O6S. The molecule has 0 saturated heterocycles. The molecule has 1 atom stereocenters. The third-order valence-corrected chi connectivity index (χ3v) is 9.21. The Hall–Kier alpha value is -4.54. The van der Waals surface area contributed by atoms with Gasteiger partial charge in [0, 0.05) is 30.1 Å². The van der Waals surface area contributed by atoms with Gasteiger partial charge >= 0.3 is 0 Å². The number of nitrogens with zero attached hydrogens (tertiary/aromatic N) is 2. The number of rotatable bonds is 14. The van der Waals surface area contributed by atoms with Crippen molar-refractivity contribution < 1.29 is 27.5 Å². The summed E-state index contributed by atoms with van der Waals surface area (Å²) >= 11 is 6.30. The SMILES string of the molecule is COc1ccc(S(=O)(=O)N(CC(=O)N(Cc2cccc(Cl)c2)[C@H](Cc2ccccc2)C(=O)NC(C)C)c2ccccc2)cc1OC. The van der Waals surface area contributed by atoms with Gasteiger partial charge in [-0.25, -0.2) is 8.42 Å². The second-order valence-corrected chi connectivity index (χ2v) is 13.2. The van der Waals surface area contributed by atoms with Crippen molar-refractivity contribution in [2.75, 3.05) is 25.1 Å². The first-order chi connectivity index (χ1) is 22.0. The second-order valence-electron chi connectivity index (χ2n) is 10.9. The van der Waals surface area contributed by atoms with Gasteiger partial charge in [0.1, 0.15) is 12.6 Å². The highest BCUT2D eigenvalue weighted by atomic mass is 35.5. The molecule has 0 saturated carbocycles. The Bertz CT molecular complexity index is 1740. The number of carbonyl (C=O) groups excluding carboxylic acids is 2. The Balaban J connectivity index is 1.81. The van der Waals surface area contributed by atoms with E-state index in [1.165, 1.54) is 37.3 Å². The quantitative estimate of drug-likeness (QED) is 0.185.